The summed E-state index contributed by atoms with van der Waals surface area (Å²) in [5.74, 6) is 0. The van der Waals surface area contributed by atoms with Crippen LogP contribution >= 0.6 is 23.2 Å². The molecule has 0 spiro atoms. The van der Waals surface area contributed by atoms with Crippen molar-refractivity contribution < 1.29 is 22.2 Å². The van der Waals surface area contributed by atoms with Crippen LogP contribution in [-0.2, 0) is 19.7 Å². The molecule has 0 unspecified atom stereocenters. The molecule has 10 heavy (non-hydrogen) atoms. The van der Waals surface area contributed by atoms with Crippen molar-refractivity contribution >= 4 is 45.4 Å². The molecular formula is C2Cl2O5S. The molecule has 0 atom stereocenters. The number of hydrogen-bond donors (Lipinski definition) is 0. The molecule has 58 valence electrons. The quantitative estimate of drug-likeness (QED) is 0.638. The first kappa shape index (κ1) is 9.67. The first-order valence-corrected chi connectivity index (χ1v) is 3.45. The summed E-state index contributed by atoms with van der Waals surface area (Å²) >= 11 is 6.59. The van der Waals surface area contributed by atoms with Crippen LogP contribution < -0.4 is 0 Å². The van der Waals surface area contributed by atoms with Crippen molar-refractivity contribution in [1.82, 2.24) is 0 Å². The van der Waals surface area contributed by atoms with Crippen LogP contribution in [0.4, 0.5) is 9.59 Å². The van der Waals surface area contributed by atoms with Crippen molar-refractivity contribution in [2.45, 2.75) is 0 Å². The number of carbonyl (C=O) groups excluding carboxylic acids is 2. The normalized spacial score (nSPS) is 9.10. The molecule has 0 aliphatic carbocycles. The Kier molecular flexibility index (Phi) is 4.33. The van der Waals surface area contributed by atoms with E-state index in [1.165, 1.54) is 0 Å². The van der Waals surface area contributed by atoms with E-state index in [9.17, 15) is 13.8 Å². The Morgan fingerprint density at radius 1 is 1.10 bits per heavy atom. The Hall–Kier alpha value is -0.330. The predicted molar refractivity (Wildman–Crippen MR) is 32.8 cm³/mol. The lowest BCUT2D eigenvalue weighted by atomic mass is 11.6. The molecule has 0 N–H and O–H groups in total. The van der Waals surface area contributed by atoms with E-state index in [-0.39, 0.29) is 0 Å². The standard InChI is InChI=1S/C2Cl2O5S/c3-1(5)8-10(7)9-2(4)6. The third-order valence-electron chi connectivity index (χ3n) is 0.267. The zero-order valence-corrected chi connectivity index (χ0v) is 6.53. The average Bonchev–Trinajstić information content (AvgIpc) is 1.58. The van der Waals surface area contributed by atoms with Crippen molar-refractivity contribution in [3.8, 4) is 0 Å². The van der Waals surface area contributed by atoms with Crippen molar-refractivity contribution in [1.29, 1.82) is 0 Å². The summed E-state index contributed by atoms with van der Waals surface area (Å²) < 4.78 is 17.4. The summed E-state index contributed by atoms with van der Waals surface area (Å²) in [4.78, 5) is 19.5. The molecule has 0 amide bonds. The van der Waals surface area contributed by atoms with Crippen molar-refractivity contribution in [3.05, 3.63) is 0 Å². The summed E-state index contributed by atoms with van der Waals surface area (Å²) in [6.07, 6.45) is 0. The monoisotopic (exact) mass is 206 g/mol. The van der Waals surface area contributed by atoms with Crippen LogP contribution in [0.25, 0.3) is 0 Å². The molecular weight excluding hydrogens is 207 g/mol. The van der Waals surface area contributed by atoms with Gasteiger partial charge in [-0.25, -0.2) is 9.59 Å². The topological polar surface area (TPSA) is 69.7 Å². The highest BCUT2D eigenvalue weighted by Gasteiger charge is 2.09. The van der Waals surface area contributed by atoms with Crippen LogP contribution in [0.3, 0.4) is 0 Å². The molecule has 0 heterocycles. The van der Waals surface area contributed by atoms with Gasteiger partial charge in [0, 0.05) is 23.2 Å². The Labute approximate surface area is 68.1 Å². The summed E-state index contributed by atoms with van der Waals surface area (Å²) in [5, 5.41) is 0. The van der Waals surface area contributed by atoms with Gasteiger partial charge in [0.15, 0.2) is 0 Å². The zero-order chi connectivity index (χ0) is 8.15. The summed E-state index contributed by atoms with van der Waals surface area (Å²) in [7, 11) is 0. The average molecular weight is 207 g/mol. The Balaban J connectivity index is 3.65. The largest absolute Gasteiger partial charge is 0.424 e. The lowest BCUT2D eigenvalue weighted by molar-refractivity contribution is 0.214. The highest BCUT2D eigenvalue weighted by molar-refractivity contribution is 7.76. The Morgan fingerprint density at radius 2 is 1.40 bits per heavy atom. The number of hydrogen-bond acceptors (Lipinski definition) is 5. The molecule has 0 aromatic carbocycles. The van der Waals surface area contributed by atoms with Gasteiger partial charge in [0.05, 0.1) is 0 Å². The van der Waals surface area contributed by atoms with Crippen LogP contribution in [0.5, 0.6) is 0 Å². The van der Waals surface area contributed by atoms with Crippen LogP contribution in [-0.4, -0.2) is 15.1 Å². The van der Waals surface area contributed by atoms with E-state index in [0.29, 0.717) is 0 Å². The van der Waals surface area contributed by atoms with Gasteiger partial charge in [0.2, 0.25) is 0 Å². The van der Waals surface area contributed by atoms with Crippen LogP contribution in [0.2, 0.25) is 0 Å². The molecule has 0 aliphatic rings. The fourth-order valence-corrected chi connectivity index (χ4v) is 0.681. The minimum atomic E-state index is -2.54. The summed E-state index contributed by atoms with van der Waals surface area (Å²) in [6, 6.07) is 0. The number of halogens is 2. The second-order valence-corrected chi connectivity index (χ2v) is 2.20. The van der Waals surface area contributed by atoms with Gasteiger partial charge in [-0.1, -0.05) is 0 Å². The maximum Gasteiger partial charge on any atom is 0.424 e. The molecule has 0 fully saturated rings. The Bertz CT molecular complexity index is 160. The molecule has 0 aliphatic heterocycles. The van der Waals surface area contributed by atoms with Gasteiger partial charge in [-0.05, 0) is 0 Å². The van der Waals surface area contributed by atoms with Crippen molar-refractivity contribution in [2.75, 3.05) is 0 Å². The van der Waals surface area contributed by atoms with Gasteiger partial charge in [-0.3, -0.25) is 0 Å². The minimum Gasteiger partial charge on any atom is -0.321 e. The van der Waals surface area contributed by atoms with Crippen molar-refractivity contribution in [3.63, 3.8) is 0 Å². The smallest absolute Gasteiger partial charge is 0.321 e. The fourth-order valence-electron chi connectivity index (χ4n) is 0.124. The first-order valence-electron chi connectivity index (χ1n) is 1.69. The highest BCUT2D eigenvalue weighted by Crippen LogP contribution is 1.97. The fraction of sp³-hybridized carbons (Fsp3) is 0. The van der Waals surface area contributed by atoms with Crippen LogP contribution in [0.1, 0.15) is 0 Å². The summed E-state index contributed by atoms with van der Waals surface area (Å²) in [6.45, 7) is 0. The number of carbonyl (C=O) groups is 2. The van der Waals surface area contributed by atoms with E-state index in [1.54, 1.807) is 0 Å². The van der Waals surface area contributed by atoms with Crippen molar-refractivity contribution in [2.24, 2.45) is 0 Å². The van der Waals surface area contributed by atoms with E-state index in [2.05, 4.69) is 31.6 Å². The number of rotatable bonds is 2. The maximum atomic E-state index is 10.1. The first-order chi connectivity index (χ1) is 4.52. The lowest BCUT2D eigenvalue weighted by Crippen LogP contribution is -2.04. The molecule has 0 aromatic heterocycles. The molecule has 0 radical (unpaired) electrons. The van der Waals surface area contributed by atoms with Gasteiger partial charge < -0.3 is 8.37 Å². The predicted octanol–water partition coefficient (Wildman–Crippen LogP) is 1.32. The molecule has 8 heteroatoms. The van der Waals surface area contributed by atoms with E-state index < -0.39 is 22.2 Å². The minimum absolute atomic E-state index is 1.35. The SMILES string of the molecule is O=C(Cl)OS(=O)OC(=O)Cl. The van der Waals surface area contributed by atoms with Crippen LogP contribution in [0.15, 0.2) is 0 Å². The maximum absolute atomic E-state index is 10.1. The van der Waals surface area contributed by atoms with Gasteiger partial charge in [0.25, 0.3) is 0 Å². The van der Waals surface area contributed by atoms with Crippen LogP contribution in [0, 0.1) is 0 Å². The molecule has 0 saturated carbocycles. The highest BCUT2D eigenvalue weighted by atomic mass is 35.5. The van der Waals surface area contributed by atoms with E-state index in [1.807, 2.05) is 0 Å². The molecule has 5 nitrogen and oxygen atoms in total. The molecule has 0 rings (SSSR count). The van der Waals surface area contributed by atoms with Gasteiger partial charge in [-0.2, -0.15) is 4.21 Å². The molecule has 0 aromatic rings. The second kappa shape index (κ2) is 4.48. The lowest BCUT2D eigenvalue weighted by Gasteiger charge is -1.93. The van der Waals surface area contributed by atoms with Gasteiger partial charge in [-0.15, -0.1) is 0 Å². The van der Waals surface area contributed by atoms with Gasteiger partial charge in [0.1, 0.15) is 0 Å². The van der Waals surface area contributed by atoms with E-state index in [0.717, 1.165) is 0 Å². The molecule has 0 saturated heterocycles. The summed E-state index contributed by atoms with van der Waals surface area (Å²) in [5.41, 5.74) is -2.70. The zero-order valence-electron chi connectivity index (χ0n) is 4.21. The third-order valence-corrected chi connectivity index (χ3v) is 1.18. The second-order valence-electron chi connectivity index (χ2n) is 0.846. The van der Waals surface area contributed by atoms with E-state index >= 15 is 0 Å². The molecule has 0 bridgehead atoms. The van der Waals surface area contributed by atoms with Gasteiger partial charge >= 0.3 is 22.2 Å². The Morgan fingerprint density at radius 3 is 1.60 bits per heavy atom. The third kappa shape index (κ3) is 5.80. The van der Waals surface area contributed by atoms with E-state index in [4.69, 9.17) is 0 Å².